The van der Waals surface area contributed by atoms with Crippen LogP contribution in [0.4, 0.5) is 0 Å². The van der Waals surface area contributed by atoms with Crippen molar-refractivity contribution in [3.05, 3.63) is 52.8 Å². The summed E-state index contributed by atoms with van der Waals surface area (Å²) in [6.07, 6.45) is 3.88. The highest BCUT2D eigenvalue weighted by molar-refractivity contribution is 6.30. The lowest BCUT2D eigenvalue weighted by Crippen LogP contribution is -2.17. The fraction of sp³-hybridized carbons (Fsp3) is 0.308. The van der Waals surface area contributed by atoms with Crippen LogP contribution in [0.3, 0.4) is 0 Å². The summed E-state index contributed by atoms with van der Waals surface area (Å²) in [4.78, 5) is 0. The van der Waals surface area contributed by atoms with Crippen molar-refractivity contribution in [3.8, 4) is 0 Å². The second kappa shape index (κ2) is 5.34. The second-order valence-corrected chi connectivity index (χ2v) is 4.62. The van der Waals surface area contributed by atoms with E-state index in [-0.39, 0.29) is 6.04 Å². The first-order valence-corrected chi connectivity index (χ1v) is 5.99. The molecule has 2 rings (SSSR count). The van der Waals surface area contributed by atoms with E-state index in [0.29, 0.717) is 0 Å². The third kappa shape index (κ3) is 3.32. The molecule has 0 saturated carbocycles. The fourth-order valence-corrected chi connectivity index (χ4v) is 1.93. The highest BCUT2D eigenvalue weighted by Gasteiger charge is 2.05. The van der Waals surface area contributed by atoms with Crippen LogP contribution in [0, 0.1) is 0 Å². The monoisotopic (exact) mass is 249 g/mol. The molecule has 0 unspecified atom stereocenters. The Hall–Kier alpha value is -1.32. The van der Waals surface area contributed by atoms with E-state index in [4.69, 9.17) is 11.6 Å². The molecule has 0 amide bonds. The van der Waals surface area contributed by atoms with E-state index in [1.807, 2.05) is 37.6 Å². The SMILES string of the molecule is C[C@H](NCc1cnn(C)c1)c1cccc(Cl)c1. The van der Waals surface area contributed by atoms with Crippen LogP contribution in [-0.2, 0) is 13.6 Å². The molecule has 0 saturated heterocycles. The van der Waals surface area contributed by atoms with Crippen molar-refractivity contribution in [1.29, 1.82) is 0 Å². The number of hydrogen-bond donors (Lipinski definition) is 1. The Labute approximate surface area is 106 Å². The molecule has 0 aliphatic heterocycles. The molecule has 0 fully saturated rings. The van der Waals surface area contributed by atoms with E-state index in [0.717, 1.165) is 11.6 Å². The van der Waals surface area contributed by atoms with Crippen LogP contribution in [0.5, 0.6) is 0 Å². The molecule has 1 aromatic carbocycles. The van der Waals surface area contributed by atoms with Gasteiger partial charge in [-0.05, 0) is 24.6 Å². The molecule has 0 aliphatic carbocycles. The van der Waals surface area contributed by atoms with Gasteiger partial charge in [0.25, 0.3) is 0 Å². The lowest BCUT2D eigenvalue weighted by atomic mass is 10.1. The van der Waals surface area contributed by atoms with Gasteiger partial charge in [-0.3, -0.25) is 4.68 Å². The largest absolute Gasteiger partial charge is 0.306 e. The summed E-state index contributed by atoms with van der Waals surface area (Å²) in [6, 6.07) is 8.20. The van der Waals surface area contributed by atoms with Gasteiger partial charge in [0.05, 0.1) is 6.20 Å². The maximum Gasteiger partial charge on any atom is 0.0534 e. The van der Waals surface area contributed by atoms with Crippen molar-refractivity contribution in [2.75, 3.05) is 0 Å². The maximum atomic E-state index is 5.97. The number of aromatic nitrogens is 2. The van der Waals surface area contributed by atoms with E-state index < -0.39 is 0 Å². The molecule has 1 atom stereocenters. The summed E-state index contributed by atoms with van der Waals surface area (Å²) in [5, 5.41) is 8.36. The summed E-state index contributed by atoms with van der Waals surface area (Å²) in [6.45, 7) is 2.93. The molecule has 0 aliphatic rings. The van der Waals surface area contributed by atoms with Crippen LogP contribution >= 0.6 is 11.6 Å². The molecule has 90 valence electrons. The molecule has 0 spiro atoms. The van der Waals surface area contributed by atoms with Crippen LogP contribution in [0.25, 0.3) is 0 Å². The highest BCUT2D eigenvalue weighted by Crippen LogP contribution is 2.17. The van der Waals surface area contributed by atoms with Crippen molar-refractivity contribution in [1.82, 2.24) is 15.1 Å². The zero-order valence-corrected chi connectivity index (χ0v) is 10.8. The maximum absolute atomic E-state index is 5.97. The predicted octanol–water partition coefficient (Wildman–Crippen LogP) is 2.92. The van der Waals surface area contributed by atoms with Gasteiger partial charge in [-0.15, -0.1) is 0 Å². The topological polar surface area (TPSA) is 29.9 Å². The normalized spacial score (nSPS) is 12.6. The molecule has 0 bridgehead atoms. The third-order valence-electron chi connectivity index (χ3n) is 2.72. The van der Waals surface area contributed by atoms with Crippen molar-refractivity contribution in [3.63, 3.8) is 0 Å². The van der Waals surface area contributed by atoms with Crippen molar-refractivity contribution >= 4 is 11.6 Å². The average Bonchev–Trinajstić information content (AvgIpc) is 2.72. The summed E-state index contributed by atoms with van der Waals surface area (Å²) in [7, 11) is 1.92. The number of nitrogens with one attached hydrogen (secondary N) is 1. The Balaban J connectivity index is 1.95. The van der Waals surface area contributed by atoms with Crippen LogP contribution in [0.1, 0.15) is 24.1 Å². The second-order valence-electron chi connectivity index (χ2n) is 4.18. The van der Waals surface area contributed by atoms with Gasteiger partial charge in [0.2, 0.25) is 0 Å². The molecule has 1 N–H and O–H groups in total. The lowest BCUT2D eigenvalue weighted by Gasteiger charge is -2.13. The number of rotatable bonds is 4. The summed E-state index contributed by atoms with van der Waals surface area (Å²) in [5.74, 6) is 0. The molecule has 2 aromatic rings. The lowest BCUT2D eigenvalue weighted by molar-refractivity contribution is 0.574. The molecule has 17 heavy (non-hydrogen) atoms. The number of benzene rings is 1. The van der Waals surface area contributed by atoms with Crippen LogP contribution in [-0.4, -0.2) is 9.78 Å². The minimum Gasteiger partial charge on any atom is -0.306 e. The molecular formula is C13H16ClN3. The smallest absolute Gasteiger partial charge is 0.0534 e. The minimum atomic E-state index is 0.272. The van der Waals surface area contributed by atoms with Crippen molar-refractivity contribution in [2.24, 2.45) is 7.05 Å². The Morgan fingerprint density at radius 2 is 2.29 bits per heavy atom. The Morgan fingerprint density at radius 1 is 1.47 bits per heavy atom. The molecule has 3 nitrogen and oxygen atoms in total. The highest BCUT2D eigenvalue weighted by atomic mass is 35.5. The molecule has 0 radical (unpaired) electrons. The van der Waals surface area contributed by atoms with Gasteiger partial charge in [0, 0.05) is 36.4 Å². The zero-order chi connectivity index (χ0) is 12.3. The van der Waals surface area contributed by atoms with Crippen LogP contribution < -0.4 is 5.32 Å². The summed E-state index contributed by atoms with van der Waals surface area (Å²) < 4.78 is 1.81. The molecule has 1 aromatic heterocycles. The minimum absolute atomic E-state index is 0.272. The molecular weight excluding hydrogens is 234 g/mol. The quantitative estimate of drug-likeness (QED) is 0.903. The van der Waals surface area contributed by atoms with E-state index in [1.165, 1.54) is 11.1 Å². The zero-order valence-electron chi connectivity index (χ0n) is 10.0. The molecule has 1 heterocycles. The number of aryl methyl sites for hydroxylation is 1. The van der Waals surface area contributed by atoms with E-state index in [1.54, 1.807) is 4.68 Å². The van der Waals surface area contributed by atoms with Gasteiger partial charge >= 0.3 is 0 Å². The number of nitrogens with zero attached hydrogens (tertiary/aromatic N) is 2. The first-order valence-electron chi connectivity index (χ1n) is 5.61. The Kier molecular flexibility index (Phi) is 3.82. The van der Waals surface area contributed by atoms with Crippen molar-refractivity contribution in [2.45, 2.75) is 19.5 Å². The number of halogens is 1. The van der Waals surface area contributed by atoms with Gasteiger partial charge in [0.15, 0.2) is 0 Å². The Bertz CT molecular complexity index is 493. The van der Waals surface area contributed by atoms with Crippen molar-refractivity contribution < 1.29 is 0 Å². The van der Waals surface area contributed by atoms with Gasteiger partial charge in [-0.2, -0.15) is 5.10 Å². The number of hydrogen-bond acceptors (Lipinski definition) is 2. The van der Waals surface area contributed by atoms with Gasteiger partial charge in [-0.25, -0.2) is 0 Å². The first kappa shape index (κ1) is 12.1. The van der Waals surface area contributed by atoms with Crippen LogP contribution in [0.15, 0.2) is 36.7 Å². The van der Waals surface area contributed by atoms with Crippen LogP contribution in [0.2, 0.25) is 5.02 Å². The van der Waals surface area contributed by atoms with E-state index >= 15 is 0 Å². The summed E-state index contributed by atoms with van der Waals surface area (Å²) >= 11 is 5.97. The fourth-order valence-electron chi connectivity index (χ4n) is 1.73. The molecule has 4 heteroatoms. The Morgan fingerprint density at radius 3 is 2.94 bits per heavy atom. The van der Waals surface area contributed by atoms with Gasteiger partial charge < -0.3 is 5.32 Å². The van der Waals surface area contributed by atoms with Gasteiger partial charge in [0.1, 0.15) is 0 Å². The first-order chi connectivity index (χ1) is 8.15. The predicted molar refractivity (Wildman–Crippen MR) is 69.9 cm³/mol. The van der Waals surface area contributed by atoms with E-state index in [9.17, 15) is 0 Å². The standard InChI is InChI=1S/C13H16ClN3/c1-10(12-4-3-5-13(14)6-12)15-7-11-8-16-17(2)9-11/h3-6,8-10,15H,7H2,1-2H3/t10-/m0/s1. The average molecular weight is 250 g/mol. The van der Waals surface area contributed by atoms with E-state index in [2.05, 4.69) is 23.4 Å². The third-order valence-corrected chi connectivity index (χ3v) is 2.95. The van der Waals surface area contributed by atoms with Gasteiger partial charge in [-0.1, -0.05) is 23.7 Å². The summed E-state index contributed by atoms with van der Waals surface area (Å²) in [5.41, 5.74) is 2.38.